The molecule has 1 amide bonds. The van der Waals surface area contributed by atoms with E-state index in [1.165, 1.54) is 0 Å². The molecule has 2 saturated carbocycles. The molecule has 7 nitrogen and oxygen atoms in total. The number of aromatic nitrogens is 2. The highest BCUT2D eigenvalue weighted by molar-refractivity contribution is 6.40. The number of alkyl halides is 3. The van der Waals surface area contributed by atoms with Crippen molar-refractivity contribution in [2.75, 3.05) is 13.1 Å². The molecule has 0 unspecified atom stereocenters. The number of nitrogens with zero attached hydrogens (tertiary/aromatic N) is 3. The van der Waals surface area contributed by atoms with E-state index in [0.717, 1.165) is 34.2 Å². The van der Waals surface area contributed by atoms with Crippen molar-refractivity contribution >= 4 is 40.9 Å². The number of aliphatic carboxylic acids is 1. The number of benzene rings is 1. The second kappa shape index (κ2) is 11.1. The summed E-state index contributed by atoms with van der Waals surface area (Å²) in [6.45, 7) is 2.94. The summed E-state index contributed by atoms with van der Waals surface area (Å²) >= 11 is 12.5. The molecule has 2 fully saturated rings. The lowest BCUT2D eigenvalue weighted by molar-refractivity contribution is -0.152. The Morgan fingerprint density at radius 3 is 2.23 bits per heavy atom. The summed E-state index contributed by atoms with van der Waals surface area (Å²) in [4.78, 5) is 39.5. The van der Waals surface area contributed by atoms with Gasteiger partial charge in [0.15, 0.2) is 11.5 Å². The van der Waals surface area contributed by atoms with Crippen molar-refractivity contribution in [1.82, 2.24) is 14.7 Å². The summed E-state index contributed by atoms with van der Waals surface area (Å²) < 4.78 is 43.9. The molecular weight excluding hydrogens is 558 g/mol. The first-order valence-electron chi connectivity index (χ1n) is 12.9. The van der Waals surface area contributed by atoms with Gasteiger partial charge in [0, 0.05) is 6.54 Å². The fourth-order valence-corrected chi connectivity index (χ4v) is 5.97. The minimum Gasteiger partial charge on any atom is -0.481 e. The topological polar surface area (TPSA) is 92.5 Å². The minimum absolute atomic E-state index is 0.0172. The van der Waals surface area contributed by atoms with Gasteiger partial charge in [-0.3, -0.25) is 19.1 Å². The molecule has 2 aromatic rings. The van der Waals surface area contributed by atoms with Crippen molar-refractivity contribution in [3.63, 3.8) is 0 Å². The first kappa shape index (κ1) is 29.4. The van der Waals surface area contributed by atoms with Gasteiger partial charge in [0.05, 0.1) is 45.4 Å². The molecule has 1 heterocycles. The van der Waals surface area contributed by atoms with Crippen LogP contribution in [0.5, 0.6) is 0 Å². The number of carboxylic acid groups (broad SMARTS) is 1. The lowest BCUT2D eigenvalue weighted by Crippen LogP contribution is -2.38. The highest BCUT2D eigenvalue weighted by Crippen LogP contribution is 2.43. The van der Waals surface area contributed by atoms with Crippen LogP contribution in [0.1, 0.15) is 89.9 Å². The molecule has 12 heteroatoms. The van der Waals surface area contributed by atoms with Crippen LogP contribution in [0.25, 0.3) is 0 Å². The molecule has 0 aliphatic heterocycles. The summed E-state index contributed by atoms with van der Waals surface area (Å²) in [5.41, 5.74) is -2.09. The minimum atomic E-state index is -4.90. The zero-order valence-electron chi connectivity index (χ0n) is 21.7. The van der Waals surface area contributed by atoms with Crippen molar-refractivity contribution in [2.24, 2.45) is 11.3 Å². The Bertz CT molecular complexity index is 1260. The first-order valence-corrected chi connectivity index (χ1v) is 13.6. The zero-order chi connectivity index (χ0) is 28.7. The zero-order valence-corrected chi connectivity index (χ0v) is 23.2. The van der Waals surface area contributed by atoms with Gasteiger partial charge in [0.25, 0.3) is 5.91 Å². The van der Waals surface area contributed by atoms with Gasteiger partial charge in [-0.2, -0.15) is 18.3 Å². The van der Waals surface area contributed by atoms with Crippen LogP contribution in [0.15, 0.2) is 18.3 Å². The SMILES string of the molecule is Cc1cc(Cl)c(C(=O)CN(CCC2CC2)C(=O)c2cnn(C3CCC(C)(C(=O)O)CC3)c2C(F)(F)F)c(Cl)c1. The van der Waals surface area contributed by atoms with E-state index < -0.39 is 53.1 Å². The molecular formula is C27H30Cl2F3N3O4. The summed E-state index contributed by atoms with van der Waals surface area (Å²) in [5.74, 6) is -2.15. The molecule has 1 aromatic carbocycles. The van der Waals surface area contributed by atoms with Crippen molar-refractivity contribution < 1.29 is 32.7 Å². The van der Waals surface area contributed by atoms with Gasteiger partial charge in [-0.15, -0.1) is 0 Å². The van der Waals surface area contributed by atoms with E-state index in [1.807, 2.05) is 0 Å². The third-order valence-corrected chi connectivity index (χ3v) is 8.40. The number of rotatable bonds is 9. The second-order valence-corrected chi connectivity index (χ2v) is 11.7. The molecule has 0 radical (unpaired) electrons. The number of halogens is 5. The van der Waals surface area contributed by atoms with Crippen LogP contribution in [0.3, 0.4) is 0 Å². The van der Waals surface area contributed by atoms with E-state index in [4.69, 9.17) is 23.2 Å². The van der Waals surface area contributed by atoms with Gasteiger partial charge in [-0.05, 0) is 69.6 Å². The van der Waals surface area contributed by atoms with Gasteiger partial charge in [0.1, 0.15) is 0 Å². The molecule has 1 N–H and O–H groups in total. The van der Waals surface area contributed by atoms with Gasteiger partial charge in [-0.25, -0.2) is 0 Å². The lowest BCUT2D eigenvalue weighted by atomic mass is 9.74. The molecule has 1 aromatic heterocycles. The molecule has 0 bridgehead atoms. The number of Topliss-reactive ketones (excluding diaryl/α,β-unsaturated/α-hetero) is 1. The van der Waals surface area contributed by atoms with Crippen LogP contribution in [0.4, 0.5) is 13.2 Å². The maximum atomic E-state index is 14.4. The van der Waals surface area contributed by atoms with E-state index in [0.29, 0.717) is 12.3 Å². The Kier molecular flexibility index (Phi) is 8.38. The third-order valence-electron chi connectivity index (χ3n) is 7.81. The number of amides is 1. The van der Waals surface area contributed by atoms with E-state index >= 15 is 0 Å². The Hall–Kier alpha value is -2.59. The van der Waals surface area contributed by atoms with Crippen molar-refractivity contribution in [3.05, 3.63) is 50.8 Å². The first-order chi connectivity index (χ1) is 18.2. The Labute approximate surface area is 234 Å². The van der Waals surface area contributed by atoms with Crippen LogP contribution < -0.4 is 0 Å². The van der Waals surface area contributed by atoms with Crippen LogP contribution >= 0.6 is 23.2 Å². The maximum Gasteiger partial charge on any atom is 0.433 e. The number of aryl methyl sites for hydroxylation is 1. The molecule has 0 atom stereocenters. The van der Waals surface area contributed by atoms with E-state index in [-0.39, 0.29) is 47.8 Å². The monoisotopic (exact) mass is 587 g/mol. The molecule has 4 rings (SSSR count). The average Bonchev–Trinajstić information content (AvgIpc) is 3.55. The van der Waals surface area contributed by atoms with Crippen LogP contribution in [0.2, 0.25) is 10.0 Å². The van der Waals surface area contributed by atoms with Crippen molar-refractivity contribution in [3.8, 4) is 0 Å². The number of hydrogen-bond acceptors (Lipinski definition) is 4. The summed E-state index contributed by atoms with van der Waals surface area (Å²) in [7, 11) is 0. The molecule has 2 aliphatic carbocycles. The molecule has 0 spiro atoms. The quantitative estimate of drug-likeness (QED) is 0.324. The second-order valence-electron chi connectivity index (χ2n) is 10.9. The molecule has 0 saturated heterocycles. The highest BCUT2D eigenvalue weighted by Gasteiger charge is 2.45. The van der Waals surface area contributed by atoms with Crippen molar-refractivity contribution in [2.45, 2.75) is 71.0 Å². The molecule has 2 aliphatic rings. The number of carbonyl (C=O) groups excluding carboxylic acids is 2. The lowest BCUT2D eigenvalue weighted by Gasteiger charge is -2.34. The Morgan fingerprint density at radius 1 is 1.13 bits per heavy atom. The predicted molar refractivity (Wildman–Crippen MR) is 139 cm³/mol. The third kappa shape index (κ3) is 6.43. The largest absolute Gasteiger partial charge is 0.481 e. The number of hydrogen-bond donors (Lipinski definition) is 1. The van der Waals surface area contributed by atoms with E-state index in [9.17, 15) is 32.7 Å². The summed E-state index contributed by atoms with van der Waals surface area (Å²) in [6.07, 6.45) is -0.782. The van der Waals surface area contributed by atoms with Crippen LogP contribution in [-0.2, 0) is 11.0 Å². The number of ketones is 1. The van der Waals surface area contributed by atoms with E-state index in [1.54, 1.807) is 26.0 Å². The summed E-state index contributed by atoms with van der Waals surface area (Å²) in [6, 6.07) is 2.41. The standard InChI is InChI=1S/C27H30Cl2F3N3O4/c1-15-11-19(28)22(20(29)12-15)21(36)14-34(10-7-16-3-4-16)24(37)18-13-33-35(23(18)27(30,31)32)17-5-8-26(2,9-6-17)25(38)39/h11-13,16-17H,3-10,14H2,1-2H3,(H,38,39). The maximum absolute atomic E-state index is 14.4. The normalized spacial score (nSPS) is 21.6. The predicted octanol–water partition coefficient (Wildman–Crippen LogP) is 6.85. The number of carboxylic acids is 1. The highest BCUT2D eigenvalue weighted by atomic mass is 35.5. The molecule has 39 heavy (non-hydrogen) atoms. The van der Waals surface area contributed by atoms with Gasteiger partial charge in [-0.1, -0.05) is 36.0 Å². The fraction of sp³-hybridized carbons (Fsp3) is 0.556. The van der Waals surface area contributed by atoms with Crippen LogP contribution in [0, 0.1) is 18.3 Å². The molecule has 212 valence electrons. The van der Waals surface area contributed by atoms with Gasteiger partial charge in [0.2, 0.25) is 0 Å². The van der Waals surface area contributed by atoms with Gasteiger partial charge >= 0.3 is 12.1 Å². The van der Waals surface area contributed by atoms with Crippen LogP contribution in [-0.4, -0.2) is 50.5 Å². The fourth-order valence-electron chi connectivity index (χ4n) is 5.16. The Morgan fingerprint density at radius 2 is 1.72 bits per heavy atom. The Balaban J connectivity index is 1.63. The number of carbonyl (C=O) groups is 3. The average molecular weight is 588 g/mol. The summed E-state index contributed by atoms with van der Waals surface area (Å²) in [5, 5.41) is 13.6. The van der Waals surface area contributed by atoms with Gasteiger partial charge < -0.3 is 10.0 Å². The van der Waals surface area contributed by atoms with E-state index in [2.05, 4.69) is 5.10 Å². The smallest absolute Gasteiger partial charge is 0.433 e. The van der Waals surface area contributed by atoms with Crippen molar-refractivity contribution in [1.29, 1.82) is 0 Å².